The minimum atomic E-state index is -0.567. The van der Waals surface area contributed by atoms with Crippen LogP contribution < -0.4 is 5.73 Å². The quantitative estimate of drug-likeness (QED) is 0.438. The molecule has 0 aliphatic carbocycles. The number of hydrogen-bond acceptors (Lipinski definition) is 4. The Morgan fingerprint density at radius 3 is 2.70 bits per heavy atom. The molecule has 0 saturated heterocycles. The van der Waals surface area contributed by atoms with Gasteiger partial charge in [0.15, 0.2) is 0 Å². The van der Waals surface area contributed by atoms with Crippen LogP contribution in [0.25, 0.3) is 0 Å². The first-order valence-electron chi connectivity index (χ1n) is 2.55. The van der Waals surface area contributed by atoms with Crippen molar-refractivity contribution in [1.29, 1.82) is 0 Å². The average Bonchev–Trinajstić information content (AvgIpc) is 2.14. The lowest BCUT2D eigenvalue weighted by Crippen LogP contribution is -1.99. The van der Waals surface area contributed by atoms with E-state index in [1.807, 2.05) is 0 Å². The normalized spacial score (nSPS) is 9.70. The fraction of sp³-hybridized carbons (Fsp3) is 0.250. The van der Waals surface area contributed by atoms with Gasteiger partial charge in [0.25, 0.3) is 0 Å². The highest BCUT2D eigenvalue weighted by Gasteiger charge is 2.14. The molecule has 0 aromatic carbocycles. The topological polar surface area (TPSA) is 87.0 Å². The SMILES string of the molecule is Cn1ncc([N+](=O)[O-])c1N. The molecule has 0 spiro atoms. The smallest absolute Gasteiger partial charge is 0.330 e. The number of anilines is 1. The van der Waals surface area contributed by atoms with Crippen LogP contribution in [0.4, 0.5) is 11.5 Å². The Bertz CT molecular complexity index is 266. The molecule has 54 valence electrons. The van der Waals surface area contributed by atoms with E-state index in [0.717, 1.165) is 6.20 Å². The van der Waals surface area contributed by atoms with Gasteiger partial charge < -0.3 is 5.73 Å². The van der Waals surface area contributed by atoms with E-state index in [1.54, 1.807) is 7.05 Å². The molecule has 0 atom stereocenters. The van der Waals surface area contributed by atoms with Crippen LogP contribution in [0.15, 0.2) is 6.20 Å². The lowest BCUT2D eigenvalue weighted by Gasteiger charge is -1.89. The van der Waals surface area contributed by atoms with Crippen molar-refractivity contribution in [3.63, 3.8) is 0 Å². The molecule has 0 amide bonds. The van der Waals surface area contributed by atoms with Crippen molar-refractivity contribution in [3.8, 4) is 0 Å². The molecular weight excluding hydrogens is 136 g/mol. The molecule has 0 fully saturated rings. The Balaban J connectivity index is 3.17. The maximum atomic E-state index is 10.1. The van der Waals surface area contributed by atoms with Gasteiger partial charge in [-0.1, -0.05) is 0 Å². The van der Waals surface area contributed by atoms with E-state index < -0.39 is 4.92 Å². The molecule has 6 heteroatoms. The third-order valence-corrected chi connectivity index (χ3v) is 1.16. The zero-order valence-corrected chi connectivity index (χ0v) is 5.31. The van der Waals surface area contributed by atoms with Crippen LogP contribution in [0, 0.1) is 10.1 Å². The minimum absolute atomic E-state index is 0.0741. The number of nitrogen functional groups attached to an aromatic ring is 1. The zero-order valence-electron chi connectivity index (χ0n) is 5.31. The van der Waals surface area contributed by atoms with Crippen molar-refractivity contribution in [3.05, 3.63) is 16.3 Å². The van der Waals surface area contributed by atoms with Gasteiger partial charge in [0, 0.05) is 7.05 Å². The average molecular weight is 142 g/mol. The molecule has 10 heavy (non-hydrogen) atoms. The molecule has 0 saturated carbocycles. The van der Waals surface area contributed by atoms with Gasteiger partial charge in [-0.15, -0.1) is 0 Å². The van der Waals surface area contributed by atoms with E-state index in [-0.39, 0.29) is 11.5 Å². The Labute approximate surface area is 56.4 Å². The first-order valence-corrected chi connectivity index (χ1v) is 2.55. The molecule has 1 heterocycles. The van der Waals surface area contributed by atoms with E-state index in [9.17, 15) is 10.1 Å². The first-order chi connectivity index (χ1) is 4.63. The van der Waals surface area contributed by atoms with Crippen LogP contribution in [-0.4, -0.2) is 14.7 Å². The summed E-state index contributed by atoms with van der Waals surface area (Å²) < 4.78 is 1.25. The number of nitrogens with two attached hydrogens (primary N) is 1. The van der Waals surface area contributed by atoms with Gasteiger partial charge in [0.05, 0.1) is 4.92 Å². The van der Waals surface area contributed by atoms with Crippen molar-refractivity contribution in [2.45, 2.75) is 0 Å². The molecule has 1 aromatic rings. The number of hydrogen-bond donors (Lipinski definition) is 1. The molecule has 0 bridgehead atoms. The van der Waals surface area contributed by atoms with E-state index in [4.69, 9.17) is 5.73 Å². The molecular formula is C4H6N4O2. The lowest BCUT2D eigenvalue weighted by atomic mass is 10.5. The Hall–Kier alpha value is -1.59. The van der Waals surface area contributed by atoms with Crippen LogP contribution in [0.1, 0.15) is 0 Å². The van der Waals surface area contributed by atoms with E-state index in [2.05, 4.69) is 5.10 Å². The zero-order chi connectivity index (χ0) is 7.72. The second kappa shape index (κ2) is 1.98. The summed E-state index contributed by atoms with van der Waals surface area (Å²) in [5.74, 6) is 0.0741. The second-order valence-electron chi connectivity index (χ2n) is 1.80. The standard InChI is InChI=1S/C4H6N4O2/c1-7-4(5)3(2-6-7)8(9)10/h2H,5H2,1H3. The number of aryl methyl sites for hydroxylation is 1. The van der Waals surface area contributed by atoms with Gasteiger partial charge in [-0.3, -0.25) is 10.1 Å². The van der Waals surface area contributed by atoms with Crippen LogP contribution in [0.2, 0.25) is 0 Å². The largest absolute Gasteiger partial charge is 0.378 e. The minimum Gasteiger partial charge on any atom is -0.378 e. The van der Waals surface area contributed by atoms with Crippen molar-refractivity contribution in [1.82, 2.24) is 9.78 Å². The van der Waals surface area contributed by atoms with Gasteiger partial charge >= 0.3 is 5.69 Å². The number of nitro groups is 1. The van der Waals surface area contributed by atoms with Gasteiger partial charge in [-0.2, -0.15) is 5.10 Å². The van der Waals surface area contributed by atoms with Crippen molar-refractivity contribution in [2.24, 2.45) is 7.05 Å². The van der Waals surface area contributed by atoms with E-state index >= 15 is 0 Å². The fourth-order valence-corrected chi connectivity index (χ4v) is 0.576. The molecule has 2 N–H and O–H groups in total. The van der Waals surface area contributed by atoms with Gasteiger partial charge in [0.1, 0.15) is 6.20 Å². The van der Waals surface area contributed by atoms with Gasteiger partial charge in [-0.05, 0) is 0 Å². The summed E-state index contributed by atoms with van der Waals surface area (Å²) in [4.78, 5) is 9.54. The number of aromatic nitrogens is 2. The predicted molar refractivity (Wildman–Crippen MR) is 34.3 cm³/mol. The number of nitrogens with zero attached hydrogens (tertiary/aromatic N) is 3. The summed E-state index contributed by atoms with van der Waals surface area (Å²) in [6.45, 7) is 0. The fourth-order valence-electron chi connectivity index (χ4n) is 0.576. The number of rotatable bonds is 1. The summed E-state index contributed by atoms with van der Waals surface area (Å²) in [5, 5.41) is 13.7. The van der Waals surface area contributed by atoms with Crippen molar-refractivity contribution in [2.75, 3.05) is 5.73 Å². The first kappa shape index (κ1) is 6.53. The molecule has 6 nitrogen and oxygen atoms in total. The van der Waals surface area contributed by atoms with Gasteiger partial charge in [-0.25, -0.2) is 4.68 Å². The lowest BCUT2D eigenvalue weighted by molar-refractivity contribution is -0.384. The maximum absolute atomic E-state index is 10.1. The molecule has 1 rings (SSSR count). The molecule has 0 unspecified atom stereocenters. The van der Waals surface area contributed by atoms with Crippen LogP contribution >= 0.6 is 0 Å². The Morgan fingerprint density at radius 1 is 1.90 bits per heavy atom. The molecule has 0 aliphatic rings. The van der Waals surface area contributed by atoms with Crippen molar-refractivity contribution < 1.29 is 4.92 Å². The summed E-state index contributed by atoms with van der Waals surface area (Å²) in [6, 6.07) is 0. The van der Waals surface area contributed by atoms with E-state index in [1.165, 1.54) is 4.68 Å². The maximum Gasteiger partial charge on any atom is 0.330 e. The summed E-state index contributed by atoms with van der Waals surface area (Å²) in [7, 11) is 1.54. The van der Waals surface area contributed by atoms with Crippen LogP contribution in [0.3, 0.4) is 0 Å². The van der Waals surface area contributed by atoms with Crippen LogP contribution in [0.5, 0.6) is 0 Å². The Kier molecular flexibility index (Phi) is 1.29. The summed E-state index contributed by atoms with van der Waals surface area (Å²) in [6.07, 6.45) is 1.12. The highest BCUT2D eigenvalue weighted by molar-refractivity contribution is 5.50. The van der Waals surface area contributed by atoms with Crippen LogP contribution in [-0.2, 0) is 7.05 Å². The molecule has 0 radical (unpaired) electrons. The van der Waals surface area contributed by atoms with Gasteiger partial charge in [0.2, 0.25) is 5.82 Å². The molecule has 0 aliphatic heterocycles. The highest BCUT2D eigenvalue weighted by atomic mass is 16.6. The van der Waals surface area contributed by atoms with E-state index in [0.29, 0.717) is 0 Å². The monoisotopic (exact) mass is 142 g/mol. The highest BCUT2D eigenvalue weighted by Crippen LogP contribution is 2.17. The second-order valence-corrected chi connectivity index (χ2v) is 1.80. The summed E-state index contributed by atoms with van der Waals surface area (Å²) in [5.41, 5.74) is 5.11. The predicted octanol–water partition coefficient (Wildman–Crippen LogP) is -0.0895. The molecule has 1 aromatic heterocycles. The third kappa shape index (κ3) is 0.790. The summed E-state index contributed by atoms with van der Waals surface area (Å²) >= 11 is 0. The third-order valence-electron chi connectivity index (χ3n) is 1.16. The Morgan fingerprint density at radius 2 is 2.50 bits per heavy atom. The van der Waals surface area contributed by atoms with Crippen molar-refractivity contribution >= 4 is 11.5 Å².